The summed E-state index contributed by atoms with van der Waals surface area (Å²) in [5, 5.41) is 3.21. The average molecular weight is 227 g/mol. The third kappa shape index (κ3) is 3.76. The zero-order valence-electron chi connectivity index (χ0n) is 10.7. The van der Waals surface area contributed by atoms with Crippen LogP contribution in [0.3, 0.4) is 0 Å². The summed E-state index contributed by atoms with van der Waals surface area (Å²) in [5.74, 6) is 1.21. The predicted octanol–water partition coefficient (Wildman–Crippen LogP) is 0.428. The van der Waals surface area contributed by atoms with Crippen LogP contribution in [0.25, 0.3) is 0 Å². The minimum atomic E-state index is -0.236. The Morgan fingerprint density at radius 1 is 1.44 bits per heavy atom. The Morgan fingerprint density at radius 2 is 2.00 bits per heavy atom. The zero-order valence-corrected chi connectivity index (χ0v) is 10.7. The predicted molar refractivity (Wildman–Crippen MR) is 66.0 cm³/mol. The number of nitrogens with two attached hydrogens (primary N) is 1. The SMILES string of the molecule is CCCNC(CN1CC(C)C(C)C1)C(N)=O. The molecule has 0 aliphatic carbocycles. The van der Waals surface area contributed by atoms with E-state index in [1.807, 2.05) is 0 Å². The Bertz CT molecular complexity index is 222. The highest BCUT2D eigenvalue weighted by atomic mass is 16.1. The number of likely N-dealkylation sites (tertiary alicyclic amines) is 1. The summed E-state index contributed by atoms with van der Waals surface area (Å²) in [4.78, 5) is 13.6. The van der Waals surface area contributed by atoms with Crippen LogP contribution in [0.1, 0.15) is 27.2 Å². The van der Waals surface area contributed by atoms with Crippen LogP contribution >= 0.6 is 0 Å². The highest BCUT2D eigenvalue weighted by Gasteiger charge is 2.28. The zero-order chi connectivity index (χ0) is 12.1. The quantitative estimate of drug-likeness (QED) is 0.692. The molecule has 0 aromatic carbocycles. The molecule has 16 heavy (non-hydrogen) atoms. The lowest BCUT2D eigenvalue weighted by Crippen LogP contribution is -2.49. The Kier molecular flexibility index (Phi) is 5.22. The largest absolute Gasteiger partial charge is 0.368 e. The molecule has 1 amide bonds. The summed E-state index contributed by atoms with van der Waals surface area (Å²) < 4.78 is 0. The molecule has 4 nitrogen and oxygen atoms in total. The number of nitrogens with zero attached hydrogens (tertiary/aromatic N) is 1. The van der Waals surface area contributed by atoms with Crippen LogP contribution in [0.2, 0.25) is 0 Å². The van der Waals surface area contributed by atoms with E-state index in [-0.39, 0.29) is 11.9 Å². The van der Waals surface area contributed by atoms with Gasteiger partial charge in [0.25, 0.3) is 0 Å². The molecule has 3 N–H and O–H groups in total. The molecule has 0 radical (unpaired) electrons. The van der Waals surface area contributed by atoms with Gasteiger partial charge in [0.2, 0.25) is 5.91 Å². The van der Waals surface area contributed by atoms with Crippen LogP contribution in [-0.2, 0) is 4.79 Å². The van der Waals surface area contributed by atoms with Gasteiger partial charge in [0.15, 0.2) is 0 Å². The van der Waals surface area contributed by atoms with Crippen LogP contribution in [0.15, 0.2) is 0 Å². The number of nitrogens with one attached hydrogen (secondary N) is 1. The Hall–Kier alpha value is -0.610. The van der Waals surface area contributed by atoms with Crippen molar-refractivity contribution in [2.75, 3.05) is 26.2 Å². The molecular weight excluding hydrogens is 202 g/mol. The second kappa shape index (κ2) is 6.21. The van der Waals surface area contributed by atoms with Gasteiger partial charge in [-0.05, 0) is 24.8 Å². The van der Waals surface area contributed by atoms with Crippen molar-refractivity contribution in [3.05, 3.63) is 0 Å². The van der Waals surface area contributed by atoms with Crippen LogP contribution in [0, 0.1) is 11.8 Å². The van der Waals surface area contributed by atoms with Crippen molar-refractivity contribution in [1.29, 1.82) is 0 Å². The lowest BCUT2D eigenvalue weighted by molar-refractivity contribution is -0.120. The van der Waals surface area contributed by atoms with Crippen molar-refractivity contribution >= 4 is 5.91 Å². The molecule has 3 unspecified atom stereocenters. The summed E-state index contributed by atoms with van der Waals surface area (Å²) in [5.41, 5.74) is 5.40. The van der Waals surface area contributed by atoms with Crippen molar-refractivity contribution in [3.8, 4) is 0 Å². The van der Waals surface area contributed by atoms with Crippen LogP contribution in [0.5, 0.6) is 0 Å². The standard InChI is InChI=1S/C12H25N3O/c1-4-5-14-11(12(13)16)8-15-6-9(2)10(3)7-15/h9-11,14H,4-8H2,1-3H3,(H2,13,16). The van der Waals surface area contributed by atoms with Gasteiger partial charge in [0.05, 0.1) is 6.04 Å². The van der Waals surface area contributed by atoms with E-state index < -0.39 is 0 Å². The maximum Gasteiger partial charge on any atom is 0.235 e. The van der Waals surface area contributed by atoms with Gasteiger partial charge in [0.1, 0.15) is 0 Å². The Morgan fingerprint density at radius 3 is 2.44 bits per heavy atom. The minimum absolute atomic E-state index is 0.197. The number of hydrogen-bond donors (Lipinski definition) is 2. The normalized spacial score (nSPS) is 28.2. The molecule has 0 spiro atoms. The Balaban J connectivity index is 2.40. The number of primary amides is 1. The first-order valence-electron chi connectivity index (χ1n) is 6.29. The Labute approximate surface area is 98.6 Å². The minimum Gasteiger partial charge on any atom is -0.368 e. The fraction of sp³-hybridized carbons (Fsp3) is 0.917. The molecule has 3 atom stereocenters. The molecule has 0 aromatic heterocycles. The molecule has 1 aliphatic rings. The molecule has 1 heterocycles. The molecule has 94 valence electrons. The van der Waals surface area contributed by atoms with Gasteiger partial charge >= 0.3 is 0 Å². The molecule has 1 aliphatic heterocycles. The van der Waals surface area contributed by atoms with Crippen molar-refractivity contribution in [3.63, 3.8) is 0 Å². The van der Waals surface area contributed by atoms with Gasteiger partial charge in [-0.25, -0.2) is 0 Å². The van der Waals surface area contributed by atoms with E-state index in [2.05, 4.69) is 31.0 Å². The summed E-state index contributed by atoms with van der Waals surface area (Å²) in [6, 6.07) is -0.197. The lowest BCUT2D eigenvalue weighted by atomic mass is 10.0. The number of hydrogen-bond acceptors (Lipinski definition) is 3. The molecule has 1 fully saturated rings. The van der Waals surface area contributed by atoms with Crippen molar-refractivity contribution in [2.24, 2.45) is 17.6 Å². The molecular formula is C12H25N3O. The molecule has 4 heteroatoms. The maximum absolute atomic E-state index is 11.3. The van der Waals surface area contributed by atoms with Crippen LogP contribution in [-0.4, -0.2) is 43.0 Å². The molecule has 0 saturated carbocycles. The monoisotopic (exact) mass is 227 g/mol. The average Bonchev–Trinajstić information content (AvgIpc) is 2.52. The second-order valence-corrected chi connectivity index (χ2v) is 5.08. The lowest BCUT2D eigenvalue weighted by Gasteiger charge is -2.22. The topological polar surface area (TPSA) is 58.4 Å². The van der Waals surface area contributed by atoms with Crippen molar-refractivity contribution < 1.29 is 4.79 Å². The molecule has 0 bridgehead atoms. The highest BCUT2D eigenvalue weighted by Crippen LogP contribution is 2.21. The van der Waals surface area contributed by atoms with Crippen LogP contribution < -0.4 is 11.1 Å². The van der Waals surface area contributed by atoms with E-state index in [4.69, 9.17) is 5.73 Å². The number of rotatable bonds is 6. The van der Waals surface area contributed by atoms with Crippen molar-refractivity contribution in [1.82, 2.24) is 10.2 Å². The fourth-order valence-corrected chi connectivity index (χ4v) is 2.23. The summed E-state index contributed by atoms with van der Waals surface area (Å²) in [6.45, 7) is 10.4. The van der Waals surface area contributed by atoms with Crippen LogP contribution in [0.4, 0.5) is 0 Å². The summed E-state index contributed by atoms with van der Waals surface area (Å²) >= 11 is 0. The third-order valence-electron chi connectivity index (χ3n) is 3.49. The van der Waals surface area contributed by atoms with Gasteiger partial charge in [0, 0.05) is 19.6 Å². The van der Waals surface area contributed by atoms with Gasteiger partial charge < -0.3 is 16.0 Å². The van der Waals surface area contributed by atoms with E-state index in [0.717, 1.165) is 44.4 Å². The summed E-state index contributed by atoms with van der Waals surface area (Å²) in [6.07, 6.45) is 1.02. The van der Waals surface area contributed by atoms with Gasteiger partial charge in [-0.15, -0.1) is 0 Å². The smallest absolute Gasteiger partial charge is 0.235 e. The first kappa shape index (κ1) is 13.5. The van der Waals surface area contributed by atoms with E-state index in [9.17, 15) is 4.79 Å². The van der Waals surface area contributed by atoms with E-state index in [1.165, 1.54) is 0 Å². The van der Waals surface area contributed by atoms with E-state index in [0.29, 0.717) is 0 Å². The molecule has 1 rings (SSSR count). The first-order chi connectivity index (χ1) is 7.54. The fourth-order valence-electron chi connectivity index (χ4n) is 2.23. The number of amides is 1. The van der Waals surface area contributed by atoms with Gasteiger partial charge in [-0.2, -0.15) is 0 Å². The van der Waals surface area contributed by atoms with E-state index in [1.54, 1.807) is 0 Å². The maximum atomic E-state index is 11.3. The molecule has 0 aromatic rings. The summed E-state index contributed by atoms with van der Waals surface area (Å²) in [7, 11) is 0. The third-order valence-corrected chi connectivity index (χ3v) is 3.49. The van der Waals surface area contributed by atoms with Crippen molar-refractivity contribution in [2.45, 2.75) is 33.2 Å². The van der Waals surface area contributed by atoms with Gasteiger partial charge in [-0.1, -0.05) is 20.8 Å². The highest BCUT2D eigenvalue weighted by molar-refractivity contribution is 5.80. The second-order valence-electron chi connectivity index (χ2n) is 5.08. The first-order valence-corrected chi connectivity index (χ1v) is 6.29. The van der Waals surface area contributed by atoms with Gasteiger partial charge in [-0.3, -0.25) is 4.79 Å². The number of carbonyl (C=O) groups is 1. The van der Waals surface area contributed by atoms with E-state index >= 15 is 0 Å². The molecule has 1 saturated heterocycles. The number of carbonyl (C=O) groups excluding carboxylic acids is 1.